The van der Waals surface area contributed by atoms with Gasteiger partial charge in [-0.25, -0.2) is 4.79 Å². The Balaban J connectivity index is 3.71. The number of halogens is 1. The topological polar surface area (TPSA) is 26.3 Å². The Bertz CT molecular complexity index is 145. The Morgan fingerprint density at radius 3 is 2.17 bits per heavy atom. The SMILES string of the molecule is CC(C)C(C)C(C)COC(=O)Cl. The van der Waals surface area contributed by atoms with Gasteiger partial charge in [-0.15, -0.1) is 0 Å². The number of hydrogen-bond acceptors (Lipinski definition) is 2. The fourth-order valence-electron chi connectivity index (χ4n) is 1.01. The molecule has 0 N–H and O–H groups in total. The van der Waals surface area contributed by atoms with Gasteiger partial charge in [0.15, 0.2) is 0 Å². The number of carbonyl (C=O) groups excluding carboxylic acids is 1. The molecule has 0 aliphatic carbocycles. The fourth-order valence-corrected chi connectivity index (χ4v) is 1.07. The summed E-state index contributed by atoms with van der Waals surface area (Å²) in [4.78, 5) is 10.3. The molecule has 0 amide bonds. The van der Waals surface area contributed by atoms with Crippen LogP contribution in [0.3, 0.4) is 0 Å². The second kappa shape index (κ2) is 5.41. The van der Waals surface area contributed by atoms with Crippen LogP contribution in [0.4, 0.5) is 4.79 Å². The predicted octanol–water partition coefficient (Wildman–Crippen LogP) is 3.29. The Morgan fingerprint density at radius 1 is 1.33 bits per heavy atom. The Kier molecular flexibility index (Phi) is 5.31. The molecule has 72 valence electrons. The maximum atomic E-state index is 10.3. The monoisotopic (exact) mass is 192 g/mol. The average Bonchev–Trinajstić information content (AvgIpc) is 1.98. The molecule has 0 aromatic rings. The first-order valence-electron chi connectivity index (χ1n) is 4.27. The van der Waals surface area contributed by atoms with Crippen molar-refractivity contribution in [3.63, 3.8) is 0 Å². The average molecular weight is 193 g/mol. The van der Waals surface area contributed by atoms with E-state index in [0.29, 0.717) is 24.4 Å². The van der Waals surface area contributed by atoms with Crippen LogP contribution in [-0.4, -0.2) is 12.0 Å². The summed E-state index contributed by atoms with van der Waals surface area (Å²) in [5.74, 6) is 1.52. The Labute approximate surface area is 79.2 Å². The van der Waals surface area contributed by atoms with Crippen LogP contribution < -0.4 is 0 Å². The van der Waals surface area contributed by atoms with E-state index in [1.807, 2.05) is 0 Å². The molecule has 2 unspecified atom stereocenters. The van der Waals surface area contributed by atoms with Gasteiger partial charge in [0.1, 0.15) is 0 Å². The summed E-state index contributed by atoms with van der Waals surface area (Å²) >= 11 is 5.04. The zero-order chi connectivity index (χ0) is 9.72. The number of hydrogen-bond donors (Lipinski definition) is 0. The molecule has 2 atom stereocenters. The van der Waals surface area contributed by atoms with Crippen LogP contribution in [0.25, 0.3) is 0 Å². The summed E-state index contributed by atoms with van der Waals surface area (Å²) in [6.07, 6.45) is 0. The van der Waals surface area contributed by atoms with Gasteiger partial charge in [-0.05, 0) is 17.8 Å². The number of carbonyl (C=O) groups is 1. The van der Waals surface area contributed by atoms with E-state index in [9.17, 15) is 4.79 Å². The van der Waals surface area contributed by atoms with Crippen molar-refractivity contribution in [1.29, 1.82) is 0 Å². The zero-order valence-corrected chi connectivity index (χ0v) is 8.89. The highest BCUT2D eigenvalue weighted by molar-refractivity contribution is 6.61. The van der Waals surface area contributed by atoms with Crippen molar-refractivity contribution in [3.8, 4) is 0 Å². The second-order valence-electron chi connectivity index (χ2n) is 3.63. The molecule has 0 aromatic heterocycles. The smallest absolute Gasteiger partial charge is 0.403 e. The molecule has 0 bridgehead atoms. The summed E-state index contributed by atoms with van der Waals surface area (Å²) in [6, 6.07) is 0. The molecule has 0 aromatic carbocycles. The van der Waals surface area contributed by atoms with E-state index >= 15 is 0 Å². The summed E-state index contributed by atoms with van der Waals surface area (Å²) in [5, 5.41) is 0. The van der Waals surface area contributed by atoms with Crippen molar-refractivity contribution < 1.29 is 9.53 Å². The van der Waals surface area contributed by atoms with Crippen molar-refractivity contribution in [3.05, 3.63) is 0 Å². The molecule has 0 saturated heterocycles. The van der Waals surface area contributed by atoms with Crippen molar-refractivity contribution >= 4 is 17.0 Å². The first-order chi connectivity index (χ1) is 5.45. The van der Waals surface area contributed by atoms with Gasteiger partial charge >= 0.3 is 5.43 Å². The van der Waals surface area contributed by atoms with Crippen molar-refractivity contribution in [1.82, 2.24) is 0 Å². The molecule has 0 aliphatic heterocycles. The predicted molar refractivity (Wildman–Crippen MR) is 50.4 cm³/mol. The van der Waals surface area contributed by atoms with Crippen LogP contribution in [0.5, 0.6) is 0 Å². The minimum Gasteiger partial charge on any atom is -0.453 e. The molecular weight excluding hydrogens is 176 g/mol. The van der Waals surface area contributed by atoms with Crippen molar-refractivity contribution in [2.45, 2.75) is 27.7 Å². The van der Waals surface area contributed by atoms with Crippen molar-refractivity contribution in [2.24, 2.45) is 17.8 Å². The lowest BCUT2D eigenvalue weighted by Gasteiger charge is -2.22. The molecule has 0 fully saturated rings. The maximum absolute atomic E-state index is 10.3. The van der Waals surface area contributed by atoms with Crippen LogP contribution in [0.15, 0.2) is 0 Å². The van der Waals surface area contributed by atoms with E-state index < -0.39 is 5.43 Å². The second-order valence-corrected chi connectivity index (χ2v) is 3.94. The zero-order valence-electron chi connectivity index (χ0n) is 8.13. The van der Waals surface area contributed by atoms with E-state index in [-0.39, 0.29) is 0 Å². The first kappa shape index (κ1) is 11.8. The molecule has 2 nitrogen and oxygen atoms in total. The first-order valence-corrected chi connectivity index (χ1v) is 4.65. The highest BCUT2D eigenvalue weighted by Crippen LogP contribution is 2.20. The van der Waals surface area contributed by atoms with E-state index in [1.165, 1.54) is 0 Å². The largest absolute Gasteiger partial charge is 0.453 e. The number of rotatable bonds is 4. The third kappa shape index (κ3) is 4.60. The van der Waals surface area contributed by atoms with Gasteiger partial charge in [0.25, 0.3) is 0 Å². The maximum Gasteiger partial charge on any atom is 0.403 e. The summed E-state index contributed by atoms with van der Waals surface area (Å²) in [5.41, 5.74) is -0.710. The van der Waals surface area contributed by atoms with E-state index in [2.05, 4.69) is 27.7 Å². The summed E-state index contributed by atoms with van der Waals surface area (Å²) in [6.45, 7) is 8.94. The summed E-state index contributed by atoms with van der Waals surface area (Å²) < 4.78 is 4.70. The molecule has 0 spiro atoms. The Hall–Kier alpha value is -0.240. The molecule has 3 heteroatoms. The van der Waals surface area contributed by atoms with Crippen LogP contribution in [0.2, 0.25) is 0 Å². The van der Waals surface area contributed by atoms with Gasteiger partial charge in [0.2, 0.25) is 0 Å². The van der Waals surface area contributed by atoms with Crippen LogP contribution >= 0.6 is 11.6 Å². The lowest BCUT2D eigenvalue weighted by Crippen LogP contribution is -2.19. The number of ether oxygens (including phenoxy) is 1. The molecule has 0 radical (unpaired) electrons. The van der Waals surface area contributed by atoms with Gasteiger partial charge in [-0.1, -0.05) is 27.7 Å². The minimum atomic E-state index is -0.710. The minimum absolute atomic E-state index is 0.368. The third-order valence-electron chi connectivity index (χ3n) is 2.41. The molecular formula is C9H17ClO2. The Morgan fingerprint density at radius 2 is 1.83 bits per heavy atom. The molecule has 0 rings (SSSR count). The third-order valence-corrected chi connectivity index (χ3v) is 2.52. The van der Waals surface area contributed by atoms with Gasteiger partial charge in [-0.3, -0.25) is 0 Å². The molecule has 0 saturated carbocycles. The normalized spacial score (nSPS) is 15.8. The molecule has 0 heterocycles. The van der Waals surface area contributed by atoms with E-state index in [1.54, 1.807) is 0 Å². The van der Waals surface area contributed by atoms with Crippen LogP contribution in [-0.2, 0) is 4.74 Å². The highest BCUT2D eigenvalue weighted by Gasteiger charge is 2.16. The van der Waals surface area contributed by atoms with Gasteiger partial charge < -0.3 is 4.74 Å². The highest BCUT2D eigenvalue weighted by atomic mass is 35.5. The van der Waals surface area contributed by atoms with Gasteiger partial charge in [0.05, 0.1) is 6.61 Å². The van der Waals surface area contributed by atoms with Gasteiger partial charge in [-0.2, -0.15) is 0 Å². The summed E-state index contributed by atoms with van der Waals surface area (Å²) in [7, 11) is 0. The quantitative estimate of drug-likeness (QED) is 0.639. The van der Waals surface area contributed by atoms with Crippen molar-refractivity contribution in [2.75, 3.05) is 6.61 Å². The van der Waals surface area contributed by atoms with E-state index in [0.717, 1.165) is 0 Å². The van der Waals surface area contributed by atoms with Gasteiger partial charge in [0, 0.05) is 11.6 Å². The molecule has 12 heavy (non-hydrogen) atoms. The standard InChI is InChI=1S/C9H17ClO2/c1-6(2)8(4)7(3)5-12-9(10)11/h6-8H,5H2,1-4H3. The van der Waals surface area contributed by atoms with E-state index in [4.69, 9.17) is 16.3 Å². The van der Waals surface area contributed by atoms with Crippen LogP contribution in [0, 0.1) is 17.8 Å². The fraction of sp³-hybridized carbons (Fsp3) is 0.889. The lowest BCUT2D eigenvalue weighted by atomic mass is 9.87. The molecule has 0 aliphatic rings. The van der Waals surface area contributed by atoms with Crippen LogP contribution in [0.1, 0.15) is 27.7 Å². The lowest BCUT2D eigenvalue weighted by molar-refractivity contribution is 0.129.